The molecule has 0 saturated carbocycles. The molecule has 15 heavy (non-hydrogen) atoms. The van der Waals surface area contributed by atoms with Gasteiger partial charge in [-0.2, -0.15) is 0 Å². The average molecular weight is 194 g/mol. The molecule has 0 aliphatic carbocycles. The van der Waals surface area contributed by atoms with Gasteiger partial charge in [0.2, 0.25) is 0 Å². The van der Waals surface area contributed by atoms with E-state index in [1.165, 1.54) is 0 Å². The Morgan fingerprint density at radius 1 is 1.40 bits per heavy atom. The summed E-state index contributed by atoms with van der Waals surface area (Å²) in [4.78, 5) is 0. The third-order valence-electron chi connectivity index (χ3n) is 2.30. The molecule has 2 aromatic rings. The monoisotopic (exact) mass is 194 g/mol. The zero-order chi connectivity index (χ0) is 10.8. The lowest BCUT2D eigenvalue weighted by Gasteiger charge is -1.92. The van der Waals surface area contributed by atoms with E-state index in [1.807, 2.05) is 37.3 Å². The van der Waals surface area contributed by atoms with Crippen LogP contribution in [-0.4, -0.2) is 7.85 Å². The lowest BCUT2D eigenvalue weighted by molar-refractivity contribution is 0.603. The van der Waals surface area contributed by atoms with E-state index in [1.54, 1.807) is 6.08 Å². The highest BCUT2D eigenvalue weighted by Gasteiger charge is 2.08. The van der Waals surface area contributed by atoms with Gasteiger partial charge in [0.25, 0.3) is 0 Å². The molecule has 0 amide bonds. The summed E-state index contributed by atoms with van der Waals surface area (Å²) in [5.74, 6) is 0.827. The van der Waals surface area contributed by atoms with Gasteiger partial charge in [0, 0.05) is 10.9 Å². The van der Waals surface area contributed by atoms with Crippen molar-refractivity contribution >= 4 is 36.4 Å². The van der Waals surface area contributed by atoms with E-state index in [2.05, 4.69) is 6.58 Å². The summed E-state index contributed by atoms with van der Waals surface area (Å²) in [6, 6.07) is 5.62. The van der Waals surface area contributed by atoms with Crippen molar-refractivity contribution in [1.29, 1.82) is 0 Å². The Labute approximate surface area is 90.5 Å². The van der Waals surface area contributed by atoms with E-state index in [0.717, 1.165) is 27.8 Å². The SMILES string of the molecule is [B]c1ccc2oc(/C=C\C)c(C=C)c2c1. The third-order valence-corrected chi connectivity index (χ3v) is 2.30. The minimum atomic E-state index is 0.735. The van der Waals surface area contributed by atoms with Gasteiger partial charge in [-0.05, 0) is 19.1 Å². The molecule has 1 aromatic heterocycles. The molecule has 0 N–H and O–H groups in total. The molecule has 0 unspecified atom stereocenters. The normalized spacial score (nSPS) is 11.3. The predicted molar refractivity (Wildman–Crippen MR) is 66.4 cm³/mol. The van der Waals surface area contributed by atoms with Crippen molar-refractivity contribution in [3.63, 3.8) is 0 Å². The second-order valence-electron chi connectivity index (χ2n) is 3.34. The summed E-state index contributed by atoms with van der Waals surface area (Å²) in [6.45, 7) is 5.74. The number of allylic oxidation sites excluding steroid dienone is 1. The number of rotatable bonds is 2. The fourth-order valence-electron chi connectivity index (χ4n) is 1.64. The number of hydrogen-bond acceptors (Lipinski definition) is 1. The Bertz CT molecular complexity index is 535. The summed E-state index contributed by atoms with van der Waals surface area (Å²) in [5.41, 5.74) is 2.57. The minimum Gasteiger partial charge on any atom is -0.456 e. The van der Waals surface area contributed by atoms with Gasteiger partial charge in [0.05, 0.1) is 0 Å². The van der Waals surface area contributed by atoms with Crippen molar-refractivity contribution < 1.29 is 4.42 Å². The highest BCUT2D eigenvalue weighted by atomic mass is 16.3. The largest absolute Gasteiger partial charge is 0.456 e. The molecule has 0 fully saturated rings. The first kappa shape index (κ1) is 9.84. The van der Waals surface area contributed by atoms with Gasteiger partial charge in [0.1, 0.15) is 19.2 Å². The average Bonchev–Trinajstić information content (AvgIpc) is 2.55. The number of benzene rings is 1. The Morgan fingerprint density at radius 3 is 2.87 bits per heavy atom. The van der Waals surface area contributed by atoms with Crippen molar-refractivity contribution in [3.05, 3.63) is 42.2 Å². The van der Waals surface area contributed by atoms with Crippen molar-refractivity contribution in [2.75, 3.05) is 0 Å². The lowest BCUT2D eigenvalue weighted by Crippen LogP contribution is -1.98. The van der Waals surface area contributed by atoms with Gasteiger partial charge in [-0.25, -0.2) is 0 Å². The van der Waals surface area contributed by atoms with Gasteiger partial charge in [-0.3, -0.25) is 0 Å². The zero-order valence-corrected chi connectivity index (χ0v) is 8.66. The van der Waals surface area contributed by atoms with Gasteiger partial charge in [0.15, 0.2) is 0 Å². The summed E-state index contributed by atoms with van der Waals surface area (Å²) in [6.07, 6.45) is 5.65. The van der Waals surface area contributed by atoms with Crippen molar-refractivity contribution in [2.24, 2.45) is 0 Å². The van der Waals surface area contributed by atoms with Gasteiger partial charge >= 0.3 is 0 Å². The van der Waals surface area contributed by atoms with Gasteiger partial charge < -0.3 is 4.42 Å². The summed E-state index contributed by atoms with van der Waals surface area (Å²) in [7, 11) is 5.74. The van der Waals surface area contributed by atoms with E-state index < -0.39 is 0 Å². The van der Waals surface area contributed by atoms with E-state index in [4.69, 9.17) is 12.3 Å². The molecule has 0 bridgehead atoms. The third kappa shape index (κ3) is 1.63. The quantitative estimate of drug-likeness (QED) is 0.670. The fourth-order valence-corrected chi connectivity index (χ4v) is 1.64. The first-order valence-corrected chi connectivity index (χ1v) is 4.83. The topological polar surface area (TPSA) is 13.1 Å². The van der Waals surface area contributed by atoms with Gasteiger partial charge in [-0.15, -0.1) is 0 Å². The van der Waals surface area contributed by atoms with Crippen LogP contribution < -0.4 is 5.46 Å². The smallest absolute Gasteiger partial charge is 0.135 e. The zero-order valence-electron chi connectivity index (χ0n) is 8.66. The Hall–Kier alpha value is -1.70. The minimum absolute atomic E-state index is 0.735. The Balaban J connectivity index is 2.79. The molecule has 2 rings (SSSR count). The molecule has 2 radical (unpaired) electrons. The van der Waals surface area contributed by atoms with Crippen molar-refractivity contribution in [2.45, 2.75) is 6.92 Å². The van der Waals surface area contributed by atoms with Crippen LogP contribution in [0.4, 0.5) is 0 Å². The second-order valence-corrected chi connectivity index (χ2v) is 3.34. The van der Waals surface area contributed by atoms with Crippen LogP contribution in [0.25, 0.3) is 23.1 Å². The summed E-state index contributed by atoms with van der Waals surface area (Å²) >= 11 is 0. The van der Waals surface area contributed by atoms with E-state index in [9.17, 15) is 0 Å². The molecule has 0 atom stereocenters. The van der Waals surface area contributed by atoms with Crippen LogP contribution >= 0.6 is 0 Å². The molecular formula is C13H11BO. The first-order chi connectivity index (χ1) is 7.26. The summed E-state index contributed by atoms with van der Waals surface area (Å²) in [5, 5.41) is 1.01. The molecule has 1 heterocycles. The number of furan rings is 1. The van der Waals surface area contributed by atoms with Crippen LogP contribution in [-0.2, 0) is 0 Å². The molecule has 2 heteroatoms. The van der Waals surface area contributed by atoms with Crippen LogP contribution in [0.2, 0.25) is 0 Å². The molecule has 0 aliphatic heterocycles. The van der Waals surface area contributed by atoms with Crippen LogP contribution in [0.1, 0.15) is 18.2 Å². The van der Waals surface area contributed by atoms with Crippen molar-refractivity contribution in [1.82, 2.24) is 0 Å². The Morgan fingerprint density at radius 2 is 2.20 bits per heavy atom. The van der Waals surface area contributed by atoms with E-state index in [0.29, 0.717) is 0 Å². The lowest BCUT2D eigenvalue weighted by atomic mass is 9.94. The maximum atomic E-state index is 5.74. The maximum absolute atomic E-state index is 5.74. The molecule has 1 nitrogen and oxygen atoms in total. The van der Waals surface area contributed by atoms with Crippen LogP contribution in [0.15, 0.2) is 35.3 Å². The highest BCUT2D eigenvalue weighted by Crippen LogP contribution is 2.26. The van der Waals surface area contributed by atoms with E-state index >= 15 is 0 Å². The maximum Gasteiger partial charge on any atom is 0.135 e. The molecule has 0 spiro atoms. The second kappa shape index (κ2) is 3.81. The molecule has 0 saturated heterocycles. The van der Waals surface area contributed by atoms with Gasteiger partial charge in [-0.1, -0.05) is 36.3 Å². The van der Waals surface area contributed by atoms with Crippen LogP contribution in [0, 0.1) is 0 Å². The molecule has 1 aromatic carbocycles. The number of hydrogen-bond donors (Lipinski definition) is 0. The first-order valence-electron chi connectivity index (χ1n) is 4.83. The molecular weight excluding hydrogens is 183 g/mol. The predicted octanol–water partition coefficient (Wildman–Crippen LogP) is 2.90. The molecule has 72 valence electrons. The van der Waals surface area contributed by atoms with Crippen LogP contribution in [0.5, 0.6) is 0 Å². The van der Waals surface area contributed by atoms with Crippen LogP contribution in [0.3, 0.4) is 0 Å². The fraction of sp³-hybridized carbons (Fsp3) is 0.0769. The number of fused-ring (bicyclic) bond motifs is 1. The van der Waals surface area contributed by atoms with Crippen molar-refractivity contribution in [3.8, 4) is 0 Å². The molecule has 0 aliphatic rings. The summed E-state index contributed by atoms with van der Waals surface area (Å²) < 4.78 is 5.67. The standard InChI is InChI=1S/C13H11BO/c1-3-5-12-10(4-2)11-8-9(14)6-7-13(11)15-12/h3-8H,2H2,1H3/b5-3-. The van der Waals surface area contributed by atoms with E-state index in [-0.39, 0.29) is 0 Å². The Kier molecular flexibility index (Phi) is 2.50. The highest BCUT2D eigenvalue weighted by molar-refractivity contribution is 6.33.